The van der Waals surface area contributed by atoms with Gasteiger partial charge in [0.15, 0.2) is 0 Å². The summed E-state index contributed by atoms with van der Waals surface area (Å²) in [6, 6.07) is 0. The highest BCUT2D eigenvalue weighted by Gasteiger charge is 2.51. The van der Waals surface area contributed by atoms with Crippen LogP contribution < -0.4 is 0 Å². The van der Waals surface area contributed by atoms with Gasteiger partial charge in [0, 0.05) is 16.1 Å². The standard InChI is InChI=1S/C16H28OS/c1-14(2,3)12-13(15(4,5)6)18(17)11-16(12)9-7-8-10-16/h7-11H2,1-6H3. The van der Waals surface area contributed by atoms with E-state index in [1.807, 2.05) is 0 Å². The fourth-order valence-corrected chi connectivity index (χ4v) is 6.56. The van der Waals surface area contributed by atoms with E-state index in [-0.39, 0.29) is 16.2 Å². The largest absolute Gasteiger partial charge is 0.255 e. The molecule has 1 spiro atoms. The van der Waals surface area contributed by atoms with Crippen molar-refractivity contribution in [2.45, 2.75) is 67.2 Å². The molecule has 18 heavy (non-hydrogen) atoms. The first-order valence-electron chi connectivity index (χ1n) is 7.22. The smallest absolute Gasteiger partial charge is 0.0502 e. The third-order valence-corrected chi connectivity index (χ3v) is 6.47. The van der Waals surface area contributed by atoms with Gasteiger partial charge in [0.1, 0.15) is 0 Å². The summed E-state index contributed by atoms with van der Waals surface area (Å²) in [5.74, 6) is 0.895. The molecular formula is C16H28OS. The molecule has 1 aliphatic heterocycles. The van der Waals surface area contributed by atoms with Crippen LogP contribution in [0.15, 0.2) is 10.5 Å². The minimum Gasteiger partial charge on any atom is -0.255 e. The van der Waals surface area contributed by atoms with E-state index in [1.165, 1.54) is 30.6 Å². The topological polar surface area (TPSA) is 17.1 Å². The molecule has 0 radical (unpaired) electrons. The first-order chi connectivity index (χ1) is 8.08. The van der Waals surface area contributed by atoms with Crippen LogP contribution in [0.1, 0.15) is 67.2 Å². The molecule has 1 heterocycles. The second-order valence-corrected chi connectivity index (χ2v) is 9.57. The zero-order valence-corrected chi connectivity index (χ0v) is 13.7. The summed E-state index contributed by atoms with van der Waals surface area (Å²) in [6.45, 7) is 13.6. The Morgan fingerprint density at radius 3 is 1.83 bits per heavy atom. The van der Waals surface area contributed by atoms with E-state index in [2.05, 4.69) is 41.5 Å². The van der Waals surface area contributed by atoms with E-state index in [1.54, 1.807) is 5.57 Å². The van der Waals surface area contributed by atoms with E-state index >= 15 is 0 Å². The third-order valence-electron chi connectivity index (χ3n) is 4.38. The molecular weight excluding hydrogens is 240 g/mol. The van der Waals surface area contributed by atoms with Crippen molar-refractivity contribution < 1.29 is 4.21 Å². The van der Waals surface area contributed by atoms with Crippen molar-refractivity contribution >= 4 is 10.8 Å². The summed E-state index contributed by atoms with van der Waals surface area (Å²) in [4.78, 5) is 1.26. The van der Waals surface area contributed by atoms with E-state index in [0.29, 0.717) is 0 Å². The third kappa shape index (κ3) is 2.21. The van der Waals surface area contributed by atoms with Crippen molar-refractivity contribution in [2.24, 2.45) is 16.2 Å². The van der Waals surface area contributed by atoms with Crippen LogP contribution in [-0.2, 0) is 10.8 Å². The molecule has 1 aliphatic carbocycles. The lowest BCUT2D eigenvalue weighted by molar-refractivity contribution is 0.318. The second kappa shape index (κ2) is 4.19. The first-order valence-corrected chi connectivity index (χ1v) is 8.54. The SMILES string of the molecule is CC(C)(C)C1=C(C(C)(C)C)C2(CCCC2)CS1=O. The van der Waals surface area contributed by atoms with E-state index < -0.39 is 10.8 Å². The number of hydrogen-bond donors (Lipinski definition) is 0. The van der Waals surface area contributed by atoms with Crippen LogP contribution in [0.3, 0.4) is 0 Å². The molecule has 1 saturated carbocycles. The van der Waals surface area contributed by atoms with Gasteiger partial charge < -0.3 is 0 Å². The summed E-state index contributed by atoms with van der Waals surface area (Å²) >= 11 is 0. The predicted octanol–water partition coefficient (Wildman–Crippen LogP) is 4.66. The molecule has 1 atom stereocenters. The van der Waals surface area contributed by atoms with Gasteiger partial charge in [0.05, 0.1) is 10.8 Å². The van der Waals surface area contributed by atoms with E-state index in [0.717, 1.165) is 5.75 Å². The Morgan fingerprint density at radius 1 is 0.944 bits per heavy atom. The lowest BCUT2D eigenvalue weighted by Crippen LogP contribution is -2.29. The predicted molar refractivity (Wildman–Crippen MR) is 79.8 cm³/mol. The quantitative estimate of drug-likeness (QED) is 0.624. The molecule has 0 N–H and O–H groups in total. The van der Waals surface area contributed by atoms with Crippen molar-refractivity contribution in [1.82, 2.24) is 0 Å². The van der Waals surface area contributed by atoms with Crippen LogP contribution in [0.2, 0.25) is 0 Å². The van der Waals surface area contributed by atoms with Crippen LogP contribution in [0.5, 0.6) is 0 Å². The molecule has 1 unspecified atom stereocenters. The molecule has 104 valence electrons. The van der Waals surface area contributed by atoms with Crippen molar-refractivity contribution in [3.05, 3.63) is 10.5 Å². The zero-order valence-electron chi connectivity index (χ0n) is 12.9. The summed E-state index contributed by atoms with van der Waals surface area (Å²) in [5, 5.41) is 0. The number of hydrogen-bond acceptors (Lipinski definition) is 1. The monoisotopic (exact) mass is 268 g/mol. The van der Waals surface area contributed by atoms with Crippen LogP contribution >= 0.6 is 0 Å². The van der Waals surface area contributed by atoms with Crippen molar-refractivity contribution in [3.8, 4) is 0 Å². The van der Waals surface area contributed by atoms with Gasteiger partial charge in [-0.1, -0.05) is 54.4 Å². The molecule has 2 aliphatic rings. The average molecular weight is 268 g/mol. The van der Waals surface area contributed by atoms with Gasteiger partial charge >= 0.3 is 0 Å². The maximum absolute atomic E-state index is 12.7. The molecule has 1 fully saturated rings. The molecule has 0 aromatic carbocycles. The summed E-state index contributed by atoms with van der Waals surface area (Å²) < 4.78 is 12.7. The van der Waals surface area contributed by atoms with Gasteiger partial charge in [-0.05, 0) is 29.2 Å². The summed E-state index contributed by atoms with van der Waals surface area (Å²) in [5.41, 5.74) is 2.00. The van der Waals surface area contributed by atoms with Crippen molar-refractivity contribution in [1.29, 1.82) is 0 Å². The molecule has 0 bridgehead atoms. The van der Waals surface area contributed by atoms with E-state index in [4.69, 9.17) is 0 Å². The average Bonchev–Trinajstić information content (AvgIpc) is 2.69. The Bertz CT molecular complexity index is 398. The number of allylic oxidation sites excluding steroid dienone is 2. The fourth-order valence-electron chi connectivity index (χ4n) is 4.05. The molecule has 2 rings (SSSR count). The molecule has 1 nitrogen and oxygen atoms in total. The minimum absolute atomic E-state index is 0.0412. The lowest BCUT2D eigenvalue weighted by atomic mass is 9.67. The zero-order chi connectivity index (χ0) is 13.8. The normalized spacial score (nSPS) is 28.4. The fraction of sp³-hybridized carbons (Fsp3) is 0.875. The van der Waals surface area contributed by atoms with Gasteiger partial charge in [-0.3, -0.25) is 4.21 Å². The Labute approximate surface area is 115 Å². The van der Waals surface area contributed by atoms with E-state index in [9.17, 15) is 4.21 Å². The highest BCUT2D eigenvalue weighted by Crippen LogP contribution is 2.59. The summed E-state index contributed by atoms with van der Waals surface area (Å²) in [6.07, 6.45) is 5.14. The van der Waals surface area contributed by atoms with Crippen LogP contribution in [0.4, 0.5) is 0 Å². The molecule has 0 saturated heterocycles. The van der Waals surface area contributed by atoms with Gasteiger partial charge in [-0.25, -0.2) is 0 Å². The van der Waals surface area contributed by atoms with Crippen LogP contribution in [0, 0.1) is 16.2 Å². The maximum atomic E-state index is 12.7. The van der Waals surface area contributed by atoms with Crippen LogP contribution in [-0.4, -0.2) is 9.96 Å². The molecule has 0 amide bonds. The Kier molecular flexibility index (Phi) is 3.33. The molecule has 2 heteroatoms. The van der Waals surface area contributed by atoms with Crippen molar-refractivity contribution in [3.63, 3.8) is 0 Å². The maximum Gasteiger partial charge on any atom is 0.0502 e. The highest BCUT2D eigenvalue weighted by molar-refractivity contribution is 7.89. The van der Waals surface area contributed by atoms with Crippen LogP contribution in [0.25, 0.3) is 0 Å². The minimum atomic E-state index is -0.756. The summed E-state index contributed by atoms with van der Waals surface area (Å²) in [7, 11) is -0.756. The van der Waals surface area contributed by atoms with Crippen molar-refractivity contribution in [2.75, 3.05) is 5.75 Å². The number of rotatable bonds is 0. The Balaban J connectivity index is 2.63. The first kappa shape index (κ1) is 14.3. The van der Waals surface area contributed by atoms with Gasteiger partial charge in [-0.15, -0.1) is 0 Å². The Hall–Kier alpha value is -0.110. The lowest BCUT2D eigenvalue weighted by Gasteiger charge is -2.37. The second-order valence-electron chi connectivity index (χ2n) is 8.18. The molecule has 0 aromatic rings. The van der Waals surface area contributed by atoms with Gasteiger partial charge in [0.2, 0.25) is 0 Å². The highest BCUT2D eigenvalue weighted by atomic mass is 32.2. The van der Waals surface area contributed by atoms with Gasteiger partial charge in [-0.2, -0.15) is 0 Å². The Morgan fingerprint density at radius 2 is 1.44 bits per heavy atom. The van der Waals surface area contributed by atoms with Gasteiger partial charge in [0.25, 0.3) is 0 Å². The molecule has 0 aromatic heterocycles.